The van der Waals surface area contributed by atoms with E-state index in [9.17, 15) is 0 Å². The molecular formula is C12H18N2O. The molecule has 0 saturated carbocycles. The number of amidine groups is 1. The molecule has 1 aromatic rings. The standard InChI is InChI=1S/C12H18N2O/c1-8(2)10-5-4-9(3)11(6-10)15-7-12(13)14/h4-6,8H,7H2,1-3H3,(H3,13,14). The van der Waals surface area contributed by atoms with Crippen molar-refractivity contribution in [3.05, 3.63) is 29.3 Å². The maximum atomic E-state index is 7.11. The molecule has 15 heavy (non-hydrogen) atoms. The highest BCUT2D eigenvalue weighted by atomic mass is 16.5. The summed E-state index contributed by atoms with van der Waals surface area (Å²) in [6.45, 7) is 6.42. The number of hydrogen-bond donors (Lipinski definition) is 2. The molecule has 0 bridgehead atoms. The van der Waals surface area contributed by atoms with Crippen molar-refractivity contribution in [1.82, 2.24) is 0 Å². The lowest BCUT2D eigenvalue weighted by molar-refractivity contribution is 0.371. The average Bonchev–Trinajstić information content (AvgIpc) is 2.16. The number of hydrogen-bond acceptors (Lipinski definition) is 2. The predicted molar refractivity (Wildman–Crippen MR) is 62.7 cm³/mol. The van der Waals surface area contributed by atoms with Gasteiger partial charge in [0.1, 0.15) is 18.2 Å². The predicted octanol–water partition coefficient (Wildman–Crippen LogP) is 2.43. The van der Waals surface area contributed by atoms with E-state index >= 15 is 0 Å². The molecular weight excluding hydrogens is 188 g/mol. The maximum Gasteiger partial charge on any atom is 0.145 e. The summed E-state index contributed by atoms with van der Waals surface area (Å²) in [5.41, 5.74) is 7.55. The molecule has 0 heterocycles. The Balaban J connectivity index is 2.85. The number of nitrogens with one attached hydrogen (secondary N) is 1. The monoisotopic (exact) mass is 206 g/mol. The van der Waals surface area contributed by atoms with Gasteiger partial charge >= 0.3 is 0 Å². The lowest BCUT2D eigenvalue weighted by atomic mass is 10.0. The van der Waals surface area contributed by atoms with Gasteiger partial charge in [-0.2, -0.15) is 0 Å². The summed E-state index contributed by atoms with van der Waals surface area (Å²) in [6.07, 6.45) is 0. The highest BCUT2D eigenvalue weighted by Crippen LogP contribution is 2.24. The fourth-order valence-electron chi connectivity index (χ4n) is 1.29. The molecule has 0 spiro atoms. The first-order valence-electron chi connectivity index (χ1n) is 5.07. The van der Waals surface area contributed by atoms with Crippen LogP contribution in [0.4, 0.5) is 0 Å². The van der Waals surface area contributed by atoms with Crippen molar-refractivity contribution >= 4 is 5.84 Å². The molecule has 0 unspecified atom stereocenters. The first-order chi connectivity index (χ1) is 7.00. The Morgan fingerprint density at radius 1 is 1.47 bits per heavy atom. The zero-order chi connectivity index (χ0) is 11.4. The minimum atomic E-state index is 0.0457. The van der Waals surface area contributed by atoms with Crippen LogP contribution >= 0.6 is 0 Å². The Morgan fingerprint density at radius 3 is 2.67 bits per heavy atom. The molecule has 0 fully saturated rings. The van der Waals surface area contributed by atoms with E-state index in [-0.39, 0.29) is 12.4 Å². The summed E-state index contributed by atoms with van der Waals surface area (Å²) >= 11 is 0. The Kier molecular flexibility index (Phi) is 3.72. The number of nitrogens with two attached hydrogens (primary N) is 1. The van der Waals surface area contributed by atoms with E-state index < -0.39 is 0 Å². The fraction of sp³-hybridized carbons (Fsp3) is 0.417. The minimum absolute atomic E-state index is 0.0457. The Bertz CT molecular complexity index is 359. The molecule has 3 heteroatoms. The van der Waals surface area contributed by atoms with Gasteiger partial charge in [0, 0.05) is 0 Å². The van der Waals surface area contributed by atoms with Gasteiger partial charge in [0.15, 0.2) is 0 Å². The molecule has 0 aliphatic heterocycles. The summed E-state index contributed by atoms with van der Waals surface area (Å²) in [5, 5.41) is 7.11. The second-order valence-corrected chi connectivity index (χ2v) is 3.99. The third-order valence-electron chi connectivity index (χ3n) is 2.26. The molecule has 0 aliphatic rings. The van der Waals surface area contributed by atoms with Gasteiger partial charge in [-0.25, -0.2) is 0 Å². The minimum Gasteiger partial charge on any atom is -0.485 e. The quantitative estimate of drug-likeness (QED) is 0.587. The van der Waals surface area contributed by atoms with Crippen LogP contribution in [0.15, 0.2) is 18.2 Å². The average molecular weight is 206 g/mol. The molecule has 1 rings (SSSR count). The lowest BCUT2D eigenvalue weighted by Gasteiger charge is -2.12. The van der Waals surface area contributed by atoms with E-state index in [0.29, 0.717) is 5.92 Å². The molecule has 3 N–H and O–H groups in total. The zero-order valence-electron chi connectivity index (χ0n) is 9.50. The van der Waals surface area contributed by atoms with Crippen molar-refractivity contribution in [2.45, 2.75) is 26.7 Å². The van der Waals surface area contributed by atoms with Gasteiger partial charge in [-0.1, -0.05) is 26.0 Å². The second kappa shape index (κ2) is 4.82. The normalized spacial score (nSPS) is 10.4. The summed E-state index contributed by atoms with van der Waals surface area (Å²) < 4.78 is 5.44. The van der Waals surface area contributed by atoms with Crippen LogP contribution in [0, 0.1) is 12.3 Å². The van der Waals surface area contributed by atoms with Crippen LogP contribution in [0.2, 0.25) is 0 Å². The van der Waals surface area contributed by atoms with Crippen LogP contribution in [0.1, 0.15) is 30.9 Å². The number of aryl methyl sites for hydroxylation is 1. The van der Waals surface area contributed by atoms with Crippen molar-refractivity contribution in [1.29, 1.82) is 5.41 Å². The first-order valence-corrected chi connectivity index (χ1v) is 5.07. The van der Waals surface area contributed by atoms with Gasteiger partial charge in [0.2, 0.25) is 0 Å². The van der Waals surface area contributed by atoms with Crippen molar-refractivity contribution in [2.75, 3.05) is 6.61 Å². The summed E-state index contributed by atoms with van der Waals surface area (Å²) in [7, 11) is 0. The van der Waals surface area contributed by atoms with Crippen LogP contribution in [-0.4, -0.2) is 12.4 Å². The van der Waals surface area contributed by atoms with Gasteiger partial charge in [0.25, 0.3) is 0 Å². The lowest BCUT2D eigenvalue weighted by Crippen LogP contribution is -2.19. The van der Waals surface area contributed by atoms with Crippen molar-refractivity contribution in [3.63, 3.8) is 0 Å². The van der Waals surface area contributed by atoms with Gasteiger partial charge in [-0.15, -0.1) is 0 Å². The Labute approximate surface area is 90.8 Å². The third kappa shape index (κ3) is 3.27. The highest BCUT2D eigenvalue weighted by Gasteiger charge is 2.04. The van der Waals surface area contributed by atoms with Gasteiger partial charge in [-0.3, -0.25) is 5.41 Å². The molecule has 0 saturated heterocycles. The van der Waals surface area contributed by atoms with Gasteiger partial charge in [0.05, 0.1) is 0 Å². The van der Waals surface area contributed by atoms with Gasteiger partial charge in [-0.05, 0) is 30.0 Å². The van der Waals surface area contributed by atoms with Crippen LogP contribution in [0.25, 0.3) is 0 Å². The SMILES string of the molecule is Cc1ccc(C(C)C)cc1OCC(=N)N. The molecule has 1 aromatic carbocycles. The van der Waals surface area contributed by atoms with Gasteiger partial charge < -0.3 is 10.5 Å². The van der Waals surface area contributed by atoms with Crippen LogP contribution in [-0.2, 0) is 0 Å². The smallest absolute Gasteiger partial charge is 0.145 e. The van der Waals surface area contributed by atoms with Crippen molar-refractivity contribution < 1.29 is 4.74 Å². The molecule has 82 valence electrons. The van der Waals surface area contributed by atoms with Crippen molar-refractivity contribution in [2.24, 2.45) is 5.73 Å². The molecule has 0 amide bonds. The molecule has 0 atom stereocenters. The largest absolute Gasteiger partial charge is 0.485 e. The van der Waals surface area contributed by atoms with E-state index in [1.54, 1.807) is 0 Å². The molecule has 0 radical (unpaired) electrons. The van der Waals surface area contributed by atoms with E-state index in [0.717, 1.165) is 11.3 Å². The zero-order valence-corrected chi connectivity index (χ0v) is 9.50. The van der Waals surface area contributed by atoms with E-state index in [4.69, 9.17) is 15.9 Å². The summed E-state index contributed by atoms with van der Waals surface area (Å²) in [4.78, 5) is 0. The van der Waals surface area contributed by atoms with E-state index in [2.05, 4.69) is 19.9 Å². The third-order valence-corrected chi connectivity index (χ3v) is 2.26. The number of benzene rings is 1. The molecule has 0 aliphatic carbocycles. The number of rotatable bonds is 4. The van der Waals surface area contributed by atoms with Crippen LogP contribution in [0.5, 0.6) is 5.75 Å². The molecule has 3 nitrogen and oxygen atoms in total. The fourth-order valence-corrected chi connectivity index (χ4v) is 1.29. The van der Waals surface area contributed by atoms with Crippen LogP contribution in [0.3, 0.4) is 0 Å². The summed E-state index contributed by atoms with van der Waals surface area (Å²) in [5.74, 6) is 1.34. The van der Waals surface area contributed by atoms with Crippen molar-refractivity contribution in [3.8, 4) is 5.75 Å². The molecule has 0 aromatic heterocycles. The topological polar surface area (TPSA) is 59.1 Å². The van der Waals surface area contributed by atoms with Crippen LogP contribution < -0.4 is 10.5 Å². The summed E-state index contributed by atoms with van der Waals surface area (Å²) in [6, 6.07) is 6.15. The Hall–Kier alpha value is -1.51. The first kappa shape index (κ1) is 11.6. The highest BCUT2D eigenvalue weighted by molar-refractivity contribution is 5.78. The second-order valence-electron chi connectivity index (χ2n) is 3.99. The van der Waals surface area contributed by atoms with E-state index in [1.807, 2.05) is 19.1 Å². The number of ether oxygens (including phenoxy) is 1. The van der Waals surface area contributed by atoms with E-state index in [1.165, 1.54) is 5.56 Å². The maximum absolute atomic E-state index is 7.11. The Morgan fingerprint density at radius 2 is 2.13 bits per heavy atom.